The smallest absolute Gasteiger partial charge is 0.306 e. The summed E-state index contributed by atoms with van der Waals surface area (Å²) in [7, 11) is 0. The van der Waals surface area contributed by atoms with Crippen LogP contribution in [0.5, 0.6) is 0 Å². The van der Waals surface area contributed by atoms with Gasteiger partial charge in [-0.15, -0.1) is 0 Å². The van der Waals surface area contributed by atoms with E-state index in [1.165, 1.54) is 6.92 Å². The van der Waals surface area contributed by atoms with E-state index in [9.17, 15) is 14.4 Å². The van der Waals surface area contributed by atoms with Crippen LogP contribution in [0.2, 0.25) is 10.0 Å². The van der Waals surface area contributed by atoms with Crippen LogP contribution < -0.4 is 10.6 Å². The topological polar surface area (TPSA) is 84.5 Å². The van der Waals surface area contributed by atoms with Gasteiger partial charge in [0, 0.05) is 34.3 Å². The number of carbonyl (C=O) groups excluding carboxylic acids is 3. The second-order valence-electron chi connectivity index (χ2n) is 6.00. The van der Waals surface area contributed by atoms with Gasteiger partial charge in [0.1, 0.15) is 0 Å². The summed E-state index contributed by atoms with van der Waals surface area (Å²) in [6.07, 6.45) is -0.480. The van der Waals surface area contributed by atoms with Crippen LogP contribution in [-0.2, 0) is 14.3 Å². The maximum Gasteiger partial charge on any atom is 0.306 e. The summed E-state index contributed by atoms with van der Waals surface area (Å²) >= 11 is 11.6. The van der Waals surface area contributed by atoms with Crippen LogP contribution in [0.1, 0.15) is 30.1 Å². The van der Waals surface area contributed by atoms with Gasteiger partial charge in [-0.1, -0.05) is 29.3 Å². The molecule has 1 atom stereocenters. The molecule has 2 aromatic rings. The Balaban J connectivity index is 1.67. The molecule has 8 heteroatoms. The highest BCUT2D eigenvalue weighted by Crippen LogP contribution is 2.15. The Morgan fingerprint density at radius 3 is 2.43 bits per heavy atom. The molecule has 0 aliphatic heterocycles. The van der Waals surface area contributed by atoms with Crippen molar-refractivity contribution in [2.75, 3.05) is 11.9 Å². The highest BCUT2D eigenvalue weighted by Gasteiger charge is 2.18. The van der Waals surface area contributed by atoms with E-state index < -0.39 is 18.0 Å². The van der Waals surface area contributed by atoms with E-state index in [0.29, 0.717) is 34.3 Å². The van der Waals surface area contributed by atoms with Gasteiger partial charge in [0.05, 0.1) is 0 Å². The lowest BCUT2D eigenvalue weighted by molar-refractivity contribution is -0.153. The SMILES string of the molecule is CC(OC(=O)CCCNC(=O)c1ccc(Cl)cc1)C(=O)Nc1cccc(Cl)c1. The van der Waals surface area contributed by atoms with Crippen LogP contribution in [-0.4, -0.2) is 30.4 Å². The molecule has 0 heterocycles. The largest absolute Gasteiger partial charge is 0.453 e. The fourth-order valence-electron chi connectivity index (χ4n) is 2.26. The maximum absolute atomic E-state index is 12.1. The van der Waals surface area contributed by atoms with Crippen molar-refractivity contribution >= 4 is 46.7 Å². The minimum absolute atomic E-state index is 0.0791. The predicted octanol–water partition coefficient (Wildman–Crippen LogP) is 4.07. The summed E-state index contributed by atoms with van der Waals surface area (Å²) in [6.45, 7) is 1.79. The lowest BCUT2D eigenvalue weighted by atomic mass is 10.2. The lowest BCUT2D eigenvalue weighted by Gasteiger charge is -2.13. The van der Waals surface area contributed by atoms with Gasteiger partial charge in [0.2, 0.25) is 0 Å². The first-order valence-electron chi connectivity index (χ1n) is 8.65. The number of rotatable bonds is 8. The van der Waals surface area contributed by atoms with Crippen molar-refractivity contribution in [3.8, 4) is 0 Å². The number of carbonyl (C=O) groups is 3. The quantitative estimate of drug-likeness (QED) is 0.495. The predicted molar refractivity (Wildman–Crippen MR) is 109 cm³/mol. The number of ether oxygens (including phenoxy) is 1. The average Bonchev–Trinajstić information content (AvgIpc) is 2.65. The molecule has 6 nitrogen and oxygen atoms in total. The monoisotopic (exact) mass is 422 g/mol. The molecule has 0 aliphatic rings. The van der Waals surface area contributed by atoms with Crippen molar-refractivity contribution in [3.63, 3.8) is 0 Å². The lowest BCUT2D eigenvalue weighted by Crippen LogP contribution is -2.30. The minimum atomic E-state index is -0.949. The minimum Gasteiger partial charge on any atom is -0.453 e. The second kappa shape index (κ2) is 10.7. The van der Waals surface area contributed by atoms with Crippen LogP contribution >= 0.6 is 23.2 Å². The third-order valence-electron chi connectivity index (χ3n) is 3.72. The van der Waals surface area contributed by atoms with Crippen molar-refractivity contribution in [1.82, 2.24) is 5.32 Å². The van der Waals surface area contributed by atoms with Gasteiger partial charge in [-0.2, -0.15) is 0 Å². The van der Waals surface area contributed by atoms with Gasteiger partial charge < -0.3 is 15.4 Å². The second-order valence-corrected chi connectivity index (χ2v) is 6.87. The molecule has 0 aliphatic carbocycles. The Kier molecular flexibility index (Phi) is 8.29. The first kappa shape index (κ1) is 21.7. The maximum atomic E-state index is 12.1. The molecule has 2 N–H and O–H groups in total. The molecule has 0 saturated heterocycles. The van der Waals surface area contributed by atoms with Crippen LogP contribution in [0.4, 0.5) is 5.69 Å². The third-order valence-corrected chi connectivity index (χ3v) is 4.21. The summed E-state index contributed by atoms with van der Waals surface area (Å²) in [6, 6.07) is 13.2. The van der Waals surface area contributed by atoms with Gasteiger partial charge in [0.15, 0.2) is 6.10 Å². The molecule has 0 spiro atoms. The van der Waals surface area contributed by atoms with Crippen LogP contribution in [0.3, 0.4) is 0 Å². The fraction of sp³-hybridized carbons (Fsp3) is 0.250. The molecule has 0 aromatic heterocycles. The Morgan fingerprint density at radius 1 is 1.04 bits per heavy atom. The summed E-state index contributed by atoms with van der Waals surface area (Å²) in [4.78, 5) is 35.9. The van der Waals surface area contributed by atoms with Crippen molar-refractivity contribution in [1.29, 1.82) is 0 Å². The highest BCUT2D eigenvalue weighted by molar-refractivity contribution is 6.31. The first-order chi connectivity index (χ1) is 13.3. The molecule has 1 unspecified atom stereocenters. The summed E-state index contributed by atoms with van der Waals surface area (Å²) in [5.41, 5.74) is 1.00. The number of esters is 1. The molecule has 0 fully saturated rings. The molecular weight excluding hydrogens is 403 g/mol. The van der Waals surface area contributed by atoms with Crippen molar-refractivity contribution in [2.45, 2.75) is 25.9 Å². The van der Waals surface area contributed by atoms with Gasteiger partial charge >= 0.3 is 5.97 Å². The fourth-order valence-corrected chi connectivity index (χ4v) is 2.57. The Morgan fingerprint density at radius 2 is 1.75 bits per heavy atom. The van der Waals surface area contributed by atoms with Gasteiger partial charge in [0.25, 0.3) is 11.8 Å². The molecule has 148 valence electrons. The van der Waals surface area contributed by atoms with E-state index >= 15 is 0 Å². The molecule has 0 saturated carbocycles. The number of anilines is 1. The van der Waals surface area contributed by atoms with Crippen LogP contribution in [0, 0.1) is 0 Å². The standard InChI is InChI=1S/C20H20Cl2N2O4/c1-13(19(26)24-17-5-2-4-16(22)12-17)28-18(25)6-3-11-23-20(27)14-7-9-15(21)10-8-14/h2,4-5,7-10,12-13H,3,6,11H2,1H3,(H,23,27)(H,24,26). The average molecular weight is 423 g/mol. The van der Waals surface area contributed by atoms with Crippen molar-refractivity contribution in [2.24, 2.45) is 0 Å². The van der Waals surface area contributed by atoms with E-state index in [4.69, 9.17) is 27.9 Å². The summed E-state index contributed by atoms with van der Waals surface area (Å²) < 4.78 is 5.11. The van der Waals surface area contributed by atoms with Gasteiger partial charge in [-0.25, -0.2) is 0 Å². The molecule has 0 bridgehead atoms. The van der Waals surface area contributed by atoms with Crippen LogP contribution in [0.25, 0.3) is 0 Å². The molecular formula is C20H20Cl2N2O4. The summed E-state index contributed by atoms with van der Waals surface area (Å²) in [5.74, 6) is -1.22. The van der Waals surface area contributed by atoms with Gasteiger partial charge in [-0.3, -0.25) is 14.4 Å². The van der Waals surface area contributed by atoms with Crippen molar-refractivity contribution < 1.29 is 19.1 Å². The Labute approximate surface area is 173 Å². The highest BCUT2D eigenvalue weighted by atomic mass is 35.5. The van der Waals surface area contributed by atoms with Gasteiger partial charge in [-0.05, 0) is 55.8 Å². The first-order valence-corrected chi connectivity index (χ1v) is 9.40. The zero-order valence-corrected chi connectivity index (χ0v) is 16.7. The van der Waals surface area contributed by atoms with E-state index in [0.717, 1.165) is 0 Å². The number of hydrogen-bond acceptors (Lipinski definition) is 4. The normalized spacial score (nSPS) is 11.4. The van der Waals surface area contributed by atoms with Crippen LogP contribution in [0.15, 0.2) is 48.5 Å². The number of hydrogen-bond donors (Lipinski definition) is 2. The van der Waals surface area contributed by atoms with E-state index in [1.54, 1.807) is 48.5 Å². The number of benzene rings is 2. The van der Waals surface area contributed by atoms with E-state index in [-0.39, 0.29) is 12.3 Å². The van der Waals surface area contributed by atoms with E-state index in [2.05, 4.69) is 10.6 Å². The molecule has 2 aromatic carbocycles. The zero-order valence-electron chi connectivity index (χ0n) is 15.2. The Hall–Kier alpha value is -2.57. The Bertz CT molecular complexity index is 840. The van der Waals surface area contributed by atoms with E-state index in [1.807, 2.05) is 0 Å². The number of nitrogens with one attached hydrogen (secondary N) is 2. The molecule has 0 radical (unpaired) electrons. The zero-order chi connectivity index (χ0) is 20.5. The molecule has 2 rings (SSSR count). The summed E-state index contributed by atoms with van der Waals surface area (Å²) in [5, 5.41) is 6.37. The number of halogens is 2. The third kappa shape index (κ3) is 7.21. The number of amides is 2. The molecule has 2 amide bonds. The van der Waals surface area contributed by atoms with Crippen molar-refractivity contribution in [3.05, 3.63) is 64.1 Å². The molecule has 28 heavy (non-hydrogen) atoms.